The molecule has 1 aliphatic rings. The summed E-state index contributed by atoms with van der Waals surface area (Å²) in [5.74, 6) is -2.33. The maximum Gasteiger partial charge on any atom is 0.309 e. The number of ether oxygens (including phenoxy) is 1. The summed E-state index contributed by atoms with van der Waals surface area (Å²) in [6, 6.07) is 20.0. The van der Waals surface area contributed by atoms with Crippen molar-refractivity contribution in [2.75, 3.05) is 0 Å². The molecule has 0 amide bonds. The summed E-state index contributed by atoms with van der Waals surface area (Å²) in [5.41, 5.74) is 3.43. The Hall–Kier alpha value is -3.80. The van der Waals surface area contributed by atoms with Gasteiger partial charge in [-0.2, -0.15) is 0 Å². The van der Waals surface area contributed by atoms with Gasteiger partial charge in [0.1, 0.15) is 18.2 Å². The Morgan fingerprint density at radius 2 is 1.73 bits per heavy atom. The van der Waals surface area contributed by atoms with E-state index in [4.69, 9.17) is 4.74 Å². The molecule has 1 aliphatic carbocycles. The fraction of sp³-hybridized carbons (Fsp3) is 0.185. The Balaban J connectivity index is 1.41. The number of aromatic nitrogens is 1. The van der Waals surface area contributed by atoms with Crippen molar-refractivity contribution in [2.24, 2.45) is 5.92 Å². The average molecular weight is 445 g/mol. The van der Waals surface area contributed by atoms with Gasteiger partial charge in [-0.3, -0.25) is 14.2 Å². The number of hydrogen-bond acceptors (Lipinski definition) is 3. The number of nitrogens with zero attached hydrogens (tertiary/aromatic N) is 1. The highest BCUT2D eigenvalue weighted by Crippen LogP contribution is 2.35. The van der Waals surface area contributed by atoms with Gasteiger partial charge in [0, 0.05) is 28.3 Å². The second kappa shape index (κ2) is 8.62. The number of hydrogen-bond donors (Lipinski definition) is 0. The molecule has 4 aromatic rings. The van der Waals surface area contributed by atoms with Crippen LogP contribution in [0, 0.1) is 17.6 Å². The van der Waals surface area contributed by atoms with Crippen LogP contribution in [0.4, 0.5) is 8.78 Å². The Labute approximate surface area is 189 Å². The van der Waals surface area contributed by atoms with E-state index in [0.717, 1.165) is 34.3 Å². The quantitative estimate of drug-likeness (QED) is 0.392. The second-order valence-electron chi connectivity index (χ2n) is 8.23. The third-order valence-electron chi connectivity index (χ3n) is 6.21. The molecule has 0 bridgehead atoms. The average Bonchev–Trinajstić information content (AvgIpc) is 3.17. The molecule has 0 saturated heterocycles. The predicted molar refractivity (Wildman–Crippen MR) is 120 cm³/mol. The second-order valence-corrected chi connectivity index (χ2v) is 8.23. The molecule has 166 valence electrons. The molecule has 1 aromatic heterocycles. The molecular formula is C27H21F2NO3. The highest BCUT2D eigenvalue weighted by atomic mass is 19.1. The highest BCUT2D eigenvalue weighted by molar-refractivity contribution is 6.04. The number of esters is 1. The molecule has 1 heterocycles. The minimum Gasteiger partial charge on any atom is -0.460 e. The van der Waals surface area contributed by atoms with Gasteiger partial charge in [0.05, 0.1) is 11.4 Å². The van der Waals surface area contributed by atoms with Crippen molar-refractivity contribution in [2.45, 2.75) is 25.9 Å². The maximum absolute atomic E-state index is 13.9. The van der Waals surface area contributed by atoms with Gasteiger partial charge < -0.3 is 4.74 Å². The molecule has 1 unspecified atom stereocenters. The lowest BCUT2D eigenvalue weighted by molar-refractivity contribution is -0.150. The van der Waals surface area contributed by atoms with Crippen molar-refractivity contribution in [1.29, 1.82) is 0 Å². The van der Waals surface area contributed by atoms with Gasteiger partial charge >= 0.3 is 5.97 Å². The lowest BCUT2D eigenvalue weighted by atomic mass is 9.86. The molecule has 0 saturated carbocycles. The van der Waals surface area contributed by atoms with E-state index in [-0.39, 0.29) is 18.1 Å². The van der Waals surface area contributed by atoms with E-state index in [2.05, 4.69) is 0 Å². The van der Waals surface area contributed by atoms with Crippen molar-refractivity contribution in [3.63, 3.8) is 0 Å². The summed E-state index contributed by atoms with van der Waals surface area (Å²) in [6.07, 6.45) is 1.51. The van der Waals surface area contributed by atoms with E-state index in [0.29, 0.717) is 24.8 Å². The molecule has 5 rings (SSSR count). The van der Waals surface area contributed by atoms with Crippen LogP contribution < -0.4 is 0 Å². The number of fused-ring (bicyclic) bond motifs is 3. The first-order valence-electron chi connectivity index (χ1n) is 10.8. The molecule has 33 heavy (non-hydrogen) atoms. The predicted octanol–water partition coefficient (Wildman–Crippen LogP) is 5.46. The van der Waals surface area contributed by atoms with Gasteiger partial charge in [0.15, 0.2) is 0 Å². The van der Waals surface area contributed by atoms with Crippen molar-refractivity contribution in [3.05, 3.63) is 107 Å². The van der Waals surface area contributed by atoms with Gasteiger partial charge in [0.25, 0.3) is 5.91 Å². The number of carbonyl (C=O) groups is 2. The van der Waals surface area contributed by atoms with Crippen molar-refractivity contribution >= 4 is 22.8 Å². The Kier molecular flexibility index (Phi) is 5.50. The zero-order valence-corrected chi connectivity index (χ0v) is 17.8. The van der Waals surface area contributed by atoms with Gasteiger partial charge in [-0.1, -0.05) is 36.4 Å². The normalized spacial score (nSPS) is 15.3. The smallest absolute Gasteiger partial charge is 0.309 e. The standard InChI is InChI=1S/C27H21F2NO3/c28-20-12-10-19(23(29)15-20)16-33-27(32)18-11-13-25-22(14-18)21-8-4-5-9-24(21)30(25)26(31)17-6-2-1-3-7-17/h1-10,12,15,18H,11,13-14,16H2. The summed E-state index contributed by atoms with van der Waals surface area (Å²) < 4.78 is 34.1. The lowest BCUT2D eigenvalue weighted by Gasteiger charge is -2.22. The summed E-state index contributed by atoms with van der Waals surface area (Å²) in [6.45, 7) is -0.247. The summed E-state index contributed by atoms with van der Waals surface area (Å²) in [5, 5.41) is 0.943. The molecule has 0 radical (unpaired) electrons. The molecule has 0 N–H and O–H groups in total. The largest absolute Gasteiger partial charge is 0.460 e. The summed E-state index contributed by atoms with van der Waals surface area (Å²) >= 11 is 0. The number of benzene rings is 3. The first-order chi connectivity index (χ1) is 16.0. The molecule has 0 aliphatic heterocycles. The minimum absolute atomic E-state index is 0.0964. The fourth-order valence-corrected chi connectivity index (χ4v) is 4.56. The third-order valence-corrected chi connectivity index (χ3v) is 6.21. The van der Waals surface area contributed by atoms with Crippen molar-refractivity contribution in [3.8, 4) is 0 Å². The number of rotatable bonds is 4. The first-order valence-corrected chi connectivity index (χ1v) is 10.8. The van der Waals surface area contributed by atoms with E-state index >= 15 is 0 Å². The number of carbonyl (C=O) groups excluding carboxylic acids is 2. The zero-order valence-electron chi connectivity index (χ0n) is 17.8. The van der Waals surface area contributed by atoms with E-state index in [1.807, 2.05) is 42.5 Å². The van der Waals surface area contributed by atoms with Crippen LogP contribution >= 0.6 is 0 Å². The number of halogens is 2. The van der Waals surface area contributed by atoms with Crippen LogP contribution in [0.25, 0.3) is 10.9 Å². The fourth-order valence-electron chi connectivity index (χ4n) is 4.56. The minimum atomic E-state index is -0.740. The van der Waals surface area contributed by atoms with Crippen LogP contribution in [-0.4, -0.2) is 16.4 Å². The zero-order chi connectivity index (χ0) is 22.9. The highest BCUT2D eigenvalue weighted by Gasteiger charge is 2.32. The molecule has 4 nitrogen and oxygen atoms in total. The van der Waals surface area contributed by atoms with Crippen LogP contribution in [0.5, 0.6) is 0 Å². The lowest BCUT2D eigenvalue weighted by Crippen LogP contribution is -2.26. The topological polar surface area (TPSA) is 48.3 Å². The van der Waals surface area contributed by atoms with Crippen LogP contribution in [0.3, 0.4) is 0 Å². The van der Waals surface area contributed by atoms with Gasteiger partial charge in [0.2, 0.25) is 0 Å². The van der Waals surface area contributed by atoms with Crippen LogP contribution in [0.15, 0.2) is 72.8 Å². The van der Waals surface area contributed by atoms with Crippen molar-refractivity contribution in [1.82, 2.24) is 4.57 Å². The van der Waals surface area contributed by atoms with E-state index in [1.165, 1.54) is 6.07 Å². The molecule has 1 atom stereocenters. The van der Waals surface area contributed by atoms with Crippen LogP contribution in [0.1, 0.15) is 33.6 Å². The maximum atomic E-state index is 13.9. The summed E-state index contributed by atoms with van der Waals surface area (Å²) in [7, 11) is 0. The summed E-state index contributed by atoms with van der Waals surface area (Å²) in [4.78, 5) is 26.1. The van der Waals surface area contributed by atoms with Gasteiger partial charge in [-0.05, 0) is 55.2 Å². The SMILES string of the molecule is O=C(OCc1ccc(F)cc1F)C1CCc2c(c3ccccc3n2C(=O)c2ccccc2)C1. The van der Waals surface area contributed by atoms with Gasteiger partial charge in [-0.25, -0.2) is 8.78 Å². The van der Waals surface area contributed by atoms with Gasteiger partial charge in [-0.15, -0.1) is 0 Å². The molecular weight excluding hydrogens is 424 g/mol. The third kappa shape index (κ3) is 3.93. The number of para-hydroxylation sites is 1. The monoisotopic (exact) mass is 445 g/mol. The molecule has 3 aromatic carbocycles. The Morgan fingerprint density at radius 3 is 2.52 bits per heavy atom. The van der Waals surface area contributed by atoms with E-state index < -0.39 is 23.5 Å². The molecule has 0 fully saturated rings. The van der Waals surface area contributed by atoms with E-state index in [1.54, 1.807) is 16.7 Å². The Morgan fingerprint density at radius 1 is 0.970 bits per heavy atom. The molecule has 6 heteroatoms. The Bertz CT molecular complexity index is 1360. The van der Waals surface area contributed by atoms with E-state index in [9.17, 15) is 18.4 Å². The van der Waals surface area contributed by atoms with Crippen LogP contribution in [-0.2, 0) is 29.0 Å². The first kappa shape index (κ1) is 21.1. The van der Waals surface area contributed by atoms with Crippen molar-refractivity contribution < 1.29 is 23.1 Å². The molecule has 0 spiro atoms. The van der Waals surface area contributed by atoms with Crippen LogP contribution in [0.2, 0.25) is 0 Å².